The molecule has 4 heteroatoms. The van der Waals surface area contributed by atoms with Gasteiger partial charge in [-0.15, -0.1) is 0 Å². The molecule has 0 fully saturated rings. The minimum Gasteiger partial charge on any atom is -0.326 e. The zero-order valence-corrected chi connectivity index (χ0v) is 6.27. The van der Waals surface area contributed by atoms with E-state index < -0.39 is 0 Å². The SMILES string of the molecule is O=C1C=CN=C2C=CC=NC2N1. The highest BCUT2D eigenvalue weighted by atomic mass is 16.1. The molecule has 2 heterocycles. The van der Waals surface area contributed by atoms with E-state index in [1.165, 1.54) is 12.3 Å². The monoisotopic (exact) mass is 161 g/mol. The Labute approximate surface area is 69.4 Å². The Morgan fingerprint density at radius 1 is 1.42 bits per heavy atom. The number of fused-ring (bicyclic) bond motifs is 1. The van der Waals surface area contributed by atoms with E-state index >= 15 is 0 Å². The molecule has 0 saturated carbocycles. The predicted molar refractivity (Wildman–Crippen MR) is 46.1 cm³/mol. The fourth-order valence-corrected chi connectivity index (χ4v) is 1.04. The normalized spacial score (nSPS) is 25.8. The van der Waals surface area contributed by atoms with Gasteiger partial charge in [0.1, 0.15) is 0 Å². The first-order chi connectivity index (χ1) is 5.86. The Balaban J connectivity index is 2.31. The topological polar surface area (TPSA) is 53.8 Å². The molecule has 1 amide bonds. The Bertz CT molecular complexity index is 325. The number of aliphatic imine (C=N–C) groups is 2. The second kappa shape index (κ2) is 2.73. The molecule has 60 valence electrons. The van der Waals surface area contributed by atoms with E-state index in [0.717, 1.165) is 5.71 Å². The average molecular weight is 161 g/mol. The second-order valence-corrected chi connectivity index (χ2v) is 2.44. The molecular formula is C8H7N3O. The lowest BCUT2D eigenvalue weighted by molar-refractivity contribution is -0.116. The maximum Gasteiger partial charge on any atom is 0.247 e. The van der Waals surface area contributed by atoms with Crippen molar-refractivity contribution in [1.82, 2.24) is 5.32 Å². The fraction of sp³-hybridized carbons (Fsp3) is 0.125. The number of dihydropyridines is 1. The number of rotatable bonds is 0. The van der Waals surface area contributed by atoms with Crippen molar-refractivity contribution in [3.63, 3.8) is 0 Å². The van der Waals surface area contributed by atoms with Gasteiger partial charge >= 0.3 is 0 Å². The predicted octanol–water partition coefficient (Wildman–Crippen LogP) is 0.0376. The van der Waals surface area contributed by atoms with Crippen molar-refractivity contribution in [3.8, 4) is 0 Å². The lowest BCUT2D eigenvalue weighted by Gasteiger charge is -2.13. The summed E-state index contributed by atoms with van der Waals surface area (Å²) in [6, 6.07) is 0. The maximum absolute atomic E-state index is 11.0. The summed E-state index contributed by atoms with van der Waals surface area (Å²) in [7, 11) is 0. The number of hydrogen-bond acceptors (Lipinski definition) is 3. The van der Waals surface area contributed by atoms with E-state index in [1.54, 1.807) is 12.3 Å². The van der Waals surface area contributed by atoms with Gasteiger partial charge < -0.3 is 5.32 Å². The molecule has 12 heavy (non-hydrogen) atoms. The fourth-order valence-electron chi connectivity index (χ4n) is 1.04. The summed E-state index contributed by atoms with van der Waals surface area (Å²) in [5, 5.41) is 2.68. The van der Waals surface area contributed by atoms with Crippen LogP contribution in [-0.4, -0.2) is 24.0 Å². The first-order valence-electron chi connectivity index (χ1n) is 3.61. The molecule has 2 aliphatic rings. The maximum atomic E-state index is 11.0. The Hall–Kier alpha value is -1.71. The first-order valence-corrected chi connectivity index (χ1v) is 3.61. The minimum atomic E-state index is -0.308. The minimum absolute atomic E-state index is 0.161. The molecule has 2 aliphatic heterocycles. The van der Waals surface area contributed by atoms with E-state index in [4.69, 9.17) is 0 Å². The second-order valence-electron chi connectivity index (χ2n) is 2.44. The van der Waals surface area contributed by atoms with Gasteiger partial charge in [-0.05, 0) is 12.2 Å². The van der Waals surface area contributed by atoms with Crippen LogP contribution in [0.4, 0.5) is 0 Å². The van der Waals surface area contributed by atoms with Crippen LogP contribution >= 0.6 is 0 Å². The van der Waals surface area contributed by atoms with Crippen LogP contribution in [0.15, 0.2) is 34.4 Å². The summed E-state index contributed by atoms with van der Waals surface area (Å²) in [4.78, 5) is 19.1. The standard InChI is InChI=1S/C8H7N3O/c12-7-3-5-9-6-2-1-4-10-8(6)11-7/h1-5,8H,(H,11,12). The van der Waals surface area contributed by atoms with Gasteiger partial charge in [-0.1, -0.05) is 0 Å². The van der Waals surface area contributed by atoms with Gasteiger partial charge in [-0.25, -0.2) is 0 Å². The molecule has 1 atom stereocenters. The third-order valence-corrected chi connectivity index (χ3v) is 1.60. The quantitative estimate of drug-likeness (QED) is 0.535. The summed E-state index contributed by atoms with van der Waals surface area (Å²) >= 11 is 0. The van der Waals surface area contributed by atoms with Gasteiger partial charge in [-0.3, -0.25) is 14.8 Å². The van der Waals surface area contributed by atoms with Crippen LogP contribution in [0.5, 0.6) is 0 Å². The van der Waals surface area contributed by atoms with Crippen molar-refractivity contribution >= 4 is 17.8 Å². The highest BCUT2D eigenvalue weighted by molar-refractivity contribution is 6.08. The summed E-state index contributed by atoms with van der Waals surface area (Å²) in [6.07, 6.45) is 7.83. The van der Waals surface area contributed by atoms with Gasteiger partial charge in [0.2, 0.25) is 5.91 Å². The Kier molecular flexibility index (Phi) is 1.59. The molecule has 0 aromatic carbocycles. The largest absolute Gasteiger partial charge is 0.326 e. The third kappa shape index (κ3) is 1.18. The molecule has 4 nitrogen and oxygen atoms in total. The van der Waals surface area contributed by atoms with Crippen LogP contribution in [0.3, 0.4) is 0 Å². The van der Waals surface area contributed by atoms with Gasteiger partial charge in [-0.2, -0.15) is 0 Å². The van der Waals surface area contributed by atoms with Gasteiger partial charge in [0, 0.05) is 18.5 Å². The van der Waals surface area contributed by atoms with Crippen molar-refractivity contribution < 1.29 is 4.79 Å². The van der Waals surface area contributed by atoms with Crippen LogP contribution in [0.1, 0.15) is 0 Å². The number of allylic oxidation sites excluding steroid dienone is 1. The Morgan fingerprint density at radius 3 is 3.25 bits per heavy atom. The summed E-state index contributed by atoms with van der Waals surface area (Å²) < 4.78 is 0. The number of carbonyl (C=O) groups excluding carboxylic acids is 1. The van der Waals surface area contributed by atoms with E-state index in [2.05, 4.69) is 15.3 Å². The lowest BCUT2D eigenvalue weighted by Crippen LogP contribution is -2.37. The van der Waals surface area contributed by atoms with Crippen LogP contribution in [0, 0.1) is 0 Å². The van der Waals surface area contributed by atoms with Crippen molar-refractivity contribution in [2.45, 2.75) is 6.17 Å². The highest BCUT2D eigenvalue weighted by Crippen LogP contribution is 2.02. The molecular weight excluding hydrogens is 154 g/mol. The molecule has 2 rings (SSSR count). The van der Waals surface area contributed by atoms with Crippen LogP contribution < -0.4 is 5.32 Å². The van der Waals surface area contributed by atoms with Crippen molar-refractivity contribution in [2.24, 2.45) is 9.98 Å². The van der Waals surface area contributed by atoms with E-state index in [-0.39, 0.29) is 12.1 Å². The molecule has 0 saturated heterocycles. The summed E-state index contributed by atoms with van der Waals surface area (Å²) in [5.74, 6) is -0.161. The molecule has 1 N–H and O–H groups in total. The molecule has 0 spiro atoms. The summed E-state index contributed by atoms with van der Waals surface area (Å²) in [6.45, 7) is 0. The van der Waals surface area contributed by atoms with E-state index in [9.17, 15) is 4.79 Å². The third-order valence-electron chi connectivity index (χ3n) is 1.60. The van der Waals surface area contributed by atoms with Crippen LogP contribution in [0.2, 0.25) is 0 Å². The molecule has 0 bridgehead atoms. The molecule has 0 aromatic heterocycles. The van der Waals surface area contributed by atoms with Gasteiger partial charge in [0.05, 0.1) is 5.71 Å². The highest BCUT2D eigenvalue weighted by Gasteiger charge is 2.16. The molecule has 0 radical (unpaired) electrons. The number of hydrogen-bond donors (Lipinski definition) is 1. The van der Waals surface area contributed by atoms with Gasteiger partial charge in [0.25, 0.3) is 0 Å². The van der Waals surface area contributed by atoms with Crippen molar-refractivity contribution in [2.75, 3.05) is 0 Å². The van der Waals surface area contributed by atoms with Gasteiger partial charge in [0.15, 0.2) is 6.17 Å². The number of carbonyl (C=O) groups is 1. The first kappa shape index (κ1) is 6.97. The Morgan fingerprint density at radius 2 is 2.33 bits per heavy atom. The lowest BCUT2D eigenvalue weighted by atomic mass is 10.2. The van der Waals surface area contributed by atoms with E-state index in [1.807, 2.05) is 6.08 Å². The molecule has 0 aromatic rings. The molecule has 0 aliphatic carbocycles. The van der Waals surface area contributed by atoms with E-state index in [0.29, 0.717) is 0 Å². The number of nitrogens with one attached hydrogen (secondary N) is 1. The van der Waals surface area contributed by atoms with Crippen molar-refractivity contribution in [1.29, 1.82) is 0 Å². The average Bonchev–Trinajstić information content (AvgIpc) is 2.25. The van der Waals surface area contributed by atoms with Crippen LogP contribution in [0.25, 0.3) is 0 Å². The number of amides is 1. The number of nitrogens with zero attached hydrogens (tertiary/aromatic N) is 2. The zero-order chi connectivity index (χ0) is 8.39. The van der Waals surface area contributed by atoms with Crippen LogP contribution in [-0.2, 0) is 4.79 Å². The summed E-state index contributed by atoms with van der Waals surface area (Å²) in [5.41, 5.74) is 0.764. The molecule has 1 unspecified atom stereocenters. The van der Waals surface area contributed by atoms with Crippen molar-refractivity contribution in [3.05, 3.63) is 24.4 Å². The zero-order valence-electron chi connectivity index (χ0n) is 6.27. The smallest absolute Gasteiger partial charge is 0.247 e.